The van der Waals surface area contributed by atoms with Gasteiger partial charge in [-0.15, -0.1) is 0 Å². The lowest BCUT2D eigenvalue weighted by Crippen LogP contribution is -2.32. The average Bonchev–Trinajstić information content (AvgIpc) is 2.79. The van der Waals surface area contributed by atoms with Crippen LogP contribution in [0.5, 0.6) is 0 Å². The van der Waals surface area contributed by atoms with E-state index in [1.165, 1.54) is 0 Å². The molecule has 0 amide bonds. The summed E-state index contributed by atoms with van der Waals surface area (Å²) >= 11 is 12.3. The molecule has 2 aromatic rings. The lowest BCUT2D eigenvalue weighted by atomic mass is 10.2. The number of rotatable bonds is 3. The van der Waals surface area contributed by atoms with Crippen LogP contribution in [0.3, 0.4) is 0 Å². The maximum atomic E-state index is 6.13. The number of halogens is 2. The van der Waals surface area contributed by atoms with Crippen LogP contribution in [0.2, 0.25) is 10.0 Å². The number of benzene rings is 1. The van der Waals surface area contributed by atoms with Crippen LogP contribution in [0.1, 0.15) is 17.0 Å². The molecule has 1 fully saturated rings. The Bertz CT molecular complexity index is 713. The van der Waals surface area contributed by atoms with E-state index in [0.29, 0.717) is 10.0 Å². The molecular formula is C17H19Cl2N3O. The molecule has 0 unspecified atom stereocenters. The van der Waals surface area contributed by atoms with E-state index in [4.69, 9.17) is 27.9 Å². The second-order valence-electron chi connectivity index (χ2n) is 5.60. The summed E-state index contributed by atoms with van der Waals surface area (Å²) in [6.07, 6.45) is 1.91. The summed E-state index contributed by atoms with van der Waals surface area (Å²) in [6, 6.07) is 7.68. The molecule has 122 valence electrons. The summed E-state index contributed by atoms with van der Waals surface area (Å²) in [6.45, 7) is 7.27. The molecule has 0 bridgehead atoms. The number of hydrogen-bond donors (Lipinski definition) is 0. The molecule has 3 rings (SSSR count). The molecule has 0 atom stereocenters. The Morgan fingerprint density at radius 3 is 2.35 bits per heavy atom. The largest absolute Gasteiger partial charge is 0.378 e. The number of hydrogen-bond acceptors (Lipinski definition) is 3. The Hall–Kier alpha value is -1.49. The third-order valence-electron chi connectivity index (χ3n) is 3.92. The van der Waals surface area contributed by atoms with Crippen molar-refractivity contribution in [2.75, 3.05) is 26.3 Å². The van der Waals surface area contributed by atoms with Gasteiger partial charge >= 0.3 is 0 Å². The molecule has 1 aliphatic rings. The highest BCUT2D eigenvalue weighted by Crippen LogP contribution is 2.26. The summed E-state index contributed by atoms with van der Waals surface area (Å²) in [5.74, 6) is 0. The van der Waals surface area contributed by atoms with Crippen LogP contribution in [0.4, 0.5) is 0 Å². The highest BCUT2D eigenvalue weighted by molar-refractivity contribution is 6.34. The number of ether oxygens (including phenoxy) is 1. The van der Waals surface area contributed by atoms with Crippen molar-refractivity contribution in [1.29, 1.82) is 0 Å². The first-order chi connectivity index (χ1) is 11.0. The van der Waals surface area contributed by atoms with Gasteiger partial charge in [-0.2, -0.15) is 5.10 Å². The molecule has 1 aliphatic heterocycles. The quantitative estimate of drug-likeness (QED) is 0.780. The van der Waals surface area contributed by atoms with Gasteiger partial charge in [-0.1, -0.05) is 23.2 Å². The Labute approximate surface area is 146 Å². The van der Waals surface area contributed by atoms with E-state index >= 15 is 0 Å². The number of nitrogens with zero attached hydrogens (tertiary/aromatic N) is 3. The minimum Gasteiger partial charge on any atom is -0.378 e. The highest BCUT2D eigenvalue weighted by Gasteiger charge is 2.12. The lowest BCUT2D eigenvalue weighted by Gasteiger charge is -2.23. The second-order valence-corrected chi connectivity index (χ2v) is 6.47. The zero-order valence-electron chi connectivity index (χ0n) is 13.2. The summed E-state index contributed by atoms with van der Waals surface area (Å²) in [4.78, 5) is 0. The van der Waals surface area contributed by atoms with Gasteiger partial charge in [0, 0.05) is 32.7 Å². The van der Waals surface area contributed by atoms with Gasteiger partial charge in [0.2, 0.25) is 0 Å². The van der Waals surface area contributed by atoms with Gasteiger partial charge < -0.3 is 9.30 Å². The first-order valence-electron chi connectivity index (χ1n) is 7.56. The average molecular weight is 352 g/mol. The van der Waals surface area contributed by atoms with Crippen molar-refractivity contribution >= 4 is 29.4 Å². The second kappa shape index (κ2) is 6.95. The number of aromatic nitrogens is 1. The van der Waals surface area contributed by atoms with Crippen molar-refractivity contribution in [2.45, 2.75) is 13.8 Å². The third kappa shape index (κ3) is 3.71. The van der Waals surface area contributed by atoms with E-state index in [1.54, 1.807) is 6.07 Å². The first-order valence-corrected chi connectivity index (χ1v) is 8.32. The van der Waals surface area contributed by atoms with E-state index in [0.717, 1.165) is 48.9 Å². The smallest absolute Gasteiger partial charge is 0.0659 e. The predicted molar refractivity (Wildman–Crippen MR) is 95.2 cm³/mol. The van der Waals surface area contributed by atoms with Gasteiger partial charge in [0.15, 0.2) is 0 Å². The molecular weight excluding hydrogens is 333 g/mol. The summed E-state index contributed by atoms with van der Waals surface area (Å²) < 4.78 is 7.47. The minimum atomic E-state index is 0.628. The standard InChI is InChI=1S/C17H19Cl2N3O/c1-12-7-14(11-20-21-3-5-23-6-4-21)13(2)22(12)17-9-15(18)8-16(19)10-17/h7-11H,3-6H2,1-2H3/b20-11-. The van der Waals surface area contributed by atoms with Crippen LogP contribution in [0.15, 0.2) is 29.4 Å². The maximum absolute atomic E-state index is 6.13. The van der Waals surface area contributed by atoms with E-state index in [2.05, 4.69) is 29.6 Å². The number of aryl methyl sites for hydroxylation is 1. The van der Waals surface area contributed by atoms with Crippen molar-refractivity contribution in [3.63, 3.8) is 0 Å². The lowest BCUT2D eigenvalue weighted by molar-refractivity contribution is 0.0397. The maximum Gasteiger partial charge on any atom is 0.0659 e. The van der Waals surface area contributed by atoms with Crippen LogP contribution in [-0.4, -0.2) is 42.1 Å². The molecule has 0 N–H and O–H groups in total. The molecule has 0 saturated carbocycles. The Kier molecular flexibility index (Phi) is 4.95. The van der Waals surface area contributed by atoms with Gasteiger partial charge in [-0.05, 0) is 38.1 Å². The van der Waals surface area contributed by atoms with Crippen LogP contribution >= 0.6 is 23.2 Å². The van der Waals surface area contributed by atoms with Crippen molar-refractivity contribution in [3.05, 3.63) is 51.3 Å². The first kappa shape index (κ1) is 16.4. The summed E-state index contributed by atoms with van der Waals surface area (Å²) in [5.41, 5.74) is 4.27. The predicted octanol–water partition coefficient (Wildman–Crippen LogP) is 4.07. The minimum absolute atomic E-state index is 0.628. The third-order valence-corrected chi connectivity index (χ3v) is 4.36. The Morgan fingerprint density at radius 1 is 1.04 bits per heavy atom. The van der Waals surface area contributed by atoms with E-state index in [1.807, 2.05) is 23.4 Å². The van der Waals surface area contributed by atoms with Crippen LogP contribution < -0.4 is 0 Å². The molecule has 0 spiro atoms. The van der Waals surface area contributed by atoms with Gasteiger partial charge in [0.05, 0.1) is 32.5 Å². The van der Waals surface area contributed by atoms with Gasteiger partial charge in [0.25, 0.3) is 0 Å². The molecule has 0 aliphatic carbocycles. The topological polar surface area (TPSA) is 29.8 Å². The molecule has 6 heteroatoms. The molecule has 1 saturated heterocycles. The van der Waals surface area contributed by atoms with Gasteiger partial charge in [-0.25, -0.2) is 0 Å². The normalized spacial score (nSPS) is 15.6. The Balaban J connectivity index is 1.91. The Morgan fingerprint density at radius 2 is 1.70 bits per heavy atom. The molecule has 4 nitrogen and oxygen atoms in total. The molecule has 1 aromatic heterocycles. The van der Waals surface area contributed by atoms with Crippen LogP contribution in [0, 0.1) is 13.8 Å². The zero-order valence-corrected chi connectivity index (χ0v) is 14.7. The zero-order chi connectivity index (χ0) is 16.4. The molecule has 1 aromatic carbocycles. The van der Waals surface area contributed by atoms with Gasteiger partial charge in [-0.3, -0.25) is 5.01 Å². The number of hydrazone groups is 1. The molecule has 23 heavy (non-hydrogen) atoms. The van der Waals surface area contributed by atoms with Crippen LogP contribution in [-0.2, 0) is 4.74 Å². The monoisotopic (exact) mass is 351 g/mol. The van der Waals surface area contributed by atoms with Crippen LogP contribution in [0.25, 0.3) is 5.69 Å². The van der Waals surface area contributed by atoms with Crippen molar-refractivity contribution in [3.8, 4) is 5.69 Å². The molecule has 2 heterocycles. The fraction of sp³-hybridized carbons (Fsp3) is 0.353. The number of morpholine rings is 1. The summed E-state index contributed by atoms with van der Waals surface area (Å²) in [5, 5.41) is 7.85. The fourth-order valence-corrected chi connectivity index (χ4v) is 3.31. The summed E-state index contributed by atoms with van der Waals surface area (Å²) in [7, 11) is 0. The van der Waals surface area contributed by atoms with E-state index < -0.39 is 0 Å². The van der Waals surface area contributed by atoms with Crippen molar-refractivity contribution < 1.29 is 4.74 Å². The fourth-order valence-electron chi connectivity index (χ4n) is 2.80. The van der Waals surface area contributed by atoms with Gasteiger partial charge in [0.1, 0.15) is 0 Å². The van der Waals surface area contributed by atoms with Crippen molar-refractivity contribution in [1.82, 2.24) is 9.58 Å². The molecule has 0 radical (unpaired) electrons. The van der Waals surface area contributed by atoms with E-state index in [9.17, 15) is 0 Å². The van der Waals surface area contributed by atoms with E-state index in [-0.39, 0.29) is 0 Å². The van der Waals surface area contributed by atoms with Crippen molar-refractivity contribution in [2.24, 2.45) is 5.10 Å². The highest BCUT2D eigenvalue weighted by atomic mass is 35.5. The SMILES string of the molecule is Cc1cc(/C=N\N2CCOCC2)c(C)n1-c1cc(Cl)cc(Cl)c1.